The van der Waals surface area contributed by atoms with E-state index in [-0.39, 0.29) is 29.4 Å². The molecule has 0 saturated carbocycles. The van der Waals surface area contributed by atoms with E-state index in [1.165, 1.54) is 6.33 Å². The Labute approximate surface area is 103 Å². The largest absolute Gasteiger partial charge is 0.394 e. The molecule has 17 heavy (non-hydrogen) atoms. The number of rotatable bonds is 2. The van der Waals surface area contributed by atoms with Crippen LogP contribution >= 0.6 is 11.6 Å². The van der Waals surface area contributed by atoms with Crippen LogP contribution in [0.15, 0.2) is 11.1 Å². The van der Waals surface area contributed by atoms with E-state index in [4.69, 9.17) is 21.4 Å². The molecular weight excluding hydrogens is 246 g/mol. The van der Waals surface area contributed by atoms with E-state index in [2.05, 4.69) is 9.97 Å². The second-order valence-electron chi connectivity index (χ2n) is 4.03. The van der Waals surface area contributed by atoms with E-state index >= 15 is 0 Å². The molecule has 94 valence electrons. The molecule has 1 aliphatic rings. The molecule has 2 unspecified atom stereocenters. The van der Waals surface area contributed by atoms with Crippen LogP contribution in [0.5, 0.6) is 0 Å². The van der Waals surface area contributed by atoms with E-state index < -0.39 is 0 Å². The molecule has 0 amide bonds. The zero-order chi connectivity index (χ0) is 12.4. The van der Waals surface area contributed by atoms with Gasteiger partial charge in [0.1, 0.15) is 5.02 Å². The molecule has 2 heterocycles. The summed E-state index contributed by atoms with van der Waals surface area (Å²) in [5.74, 6) is 0.434. The molecule has 1 aliphatic heterocycles. The van der Waals surface area contributed by atoms with Gasteiger partial charge in [-0.1, -0.05) is 11.6 Å². The maximum Gasteiger partial charge on any atom is 0.271 e. The summed E-state index contributed by atoms with van der Waals surface area (Å²) in [6.45, 7) is 2.89. The quantitative estimate of drug-likeness (QED) is 0.782. The first-order valence-electron chi connectivity index (χ1n) is 5.36. The molecule has 0 radical (unpaired) electrons. The minimum Gasteiger partial charge on any atom is -0.394 e. The average Bonchev–Trinajstić information content (AvgIpc) is 2.31. The van der Waals surface area contributed by atoms with Crippen LogP contribution in [0.1, 0.15) is 6.92 Å². The Hall–Kier alpha value is -1.11. The summed E-state index contributed by atoms with van der Waals surface area (Å²) in [5, 5.41) is 9.19. The molecule has 1 saturated heterocycles. The molecule has 1 fully saturated rings. The van der Waals surface area contributed by atoms with E-state index in [0.717, 1.165) is 0 Å². The van der Waals surface area contributed by atoms with Crippen molar-refractivity contribution in [1.82, 2.24) is 9.97 Å². The Morgan fingerprint density at radius 1 is 1.71 bits per heavy atom. The van der Waals surface area contributed by atoms with Gasteiger partial charge in [-0.15, -0.1) is 0 Å². The normalized spacial score (nSPS) is 25.0. The lowest BCUT2D eigenvalue weighted by Gasteiger charge is -2.36. The predicted octanol–water partition coefficient (Wildman–Crippen LogP) is 0.00930. The third kappa shape index (κ3) is 2.59. The zero-order valence-corrected chi connectivity index (χ0v) is 10.1. The Kier molecular flexibility index (Phi) is 3.66. The van der Waals surface area contributed by atoms with Crippen LogP contribution in [0.4, 0.5) is 5.82 Å². The van der Waals surface area contributed by atoms with Gasteiger partial charge in [-0.05, 0) is 6.92 Å². The Morgan fingerprint density at radius 3 is 3.18 bits per heavy atom. The van der Waals surface area contributed by atoms with Gasteiger partial charge < -0.3 is 19.7 Å². The van der Waals surface area contributed by atoms with Gasteiger partial charge in [-0.3, -0.25) is 4.79 Å². The molecule has 2 N–H and O–H groups in total. The first-order valence-corrected chi connectivity index (χ1v) is 5.74. The number of aromatic nitrogens is 2. The Morgan fingerprint density at radius 2 is 2.47 bits per heavy atom. The summed E-state index contributed by atoms with van der Waals surface area (Å²) in [4.78, 5) is 19.7. The predicted molar refractivity (Wildman–Crippen MR) is 63.5 cm³/mol. The molecule has 0 spiro atoms. The number of H-pyrrole nitrogens is 1. The molecule has 1 aromatic heterocycles. The number of anilines is 1. The van der Waals surface area contributed by atoms with Crippen LogP contribution in [0.3, 0.4) is 0 Å². The number of aliphatic hydroxyl groups is 1. The summed E-state index contributed by atoms with van der Waals surface area (Å²) in [6, 6.07) is 0. The second kappa shape index (κ2) is 5.03. The molecule has 2 atom stereocenters. The van der Waals surface area contributed by atoms with Crippen molar-refractivity contribution in [3.63, 3.8) is 0 Å². The van der Waals surface area contributed by atoms with Gasteiger partial charge >= 0.3 is 0 Å². The molecule has 7 heteroatoms. The van der Waals surface area contributed by atoms with Crippen LogP contribution in [0.2, 0.25) is 5.02 Å². The fourth-order valence-electron chi connectivity index (χ4n) is 1.91. The summed E-state index contributed by atoms with van der Waals surface area (Å²) < 4.78 is 5.51. The summed E-state index contributed by atoms with van der Waals surface area (Å²) in [7, 11) is 0. The third-order valence-electron chi connectivity index (χ3n) is 2.61. The van der Waals surface area contributed by atoms with Gasteiger partial charge in [0.05, 0.1) is 25.1 Å². The molecule has 2 rings (SSSR count). The molecule has 0 aromatic carbocycles. The fraction of sp³-hybridized carbons (Fsp3) is 0.600. The van der Waals surface area contributed by atoms with Crippen molar-refractivity contribution in [2.24, 2.45) is 0 Å². The fourth-order valence-corrected chi connectivity index (χ4v) is 2.14. The van der Waals surface area contributed by atoms with Crippen LogP contribution in [-0.4, -0.2) is 47.0 Å². The van der Waals surface area contributed by atoms with Crippen LogP contribution in [-0.2, 0) is 4.74 Å². The van der Waals surface area contributed by atoms with Crippen molar-refractivity contribution in [3.05, 3.63) is 21.7 Å². The lowest BCUT2D eigenvalue weighted by molar-refractivity contribution is -0.0423. The molecular formula is C10H14ClN3O3. The monoisotopic (exact) mass is 259 g/mol. The highest BCUT2D eigenvalue weighted by Gasteiger charge is 2.27. The van der Waals surface area contributed by atoms with Gasteiger partial charge in [0.15, 0.2) is 5.82 Å². The van der Waals surface area contributed by atoms with Crippen molar-refractivity contribution in [2.45, 2.75) is 19.1 Å². The van der Waals surface area contributed by atoms with Crippen LogP contribution in [0, 0.1) is 0 Å². The number of morpholine rings is 1. The standard InChI is InChI=1S/C10H14ClN3O3/c1-6-2-14(3-7(4-15)17-6)9-8(11)10(16)13-5-12-9/h5-7,15H,2-4H2,1H3,(H,12,13,16). The van der Waals surface area contributed by atoms with Crippen molar-refractivity contribution in [3.8, 4) is 0 Å². The minimum atomic E-state index is -0.364. The highest BCUT2D eigenvalue weighted by molar-refractivity contribution is 6.32. The number of halogens is 1. The topological polar surface area (TPSA) is 78.5 Å². The number of aliphatic hydroxyl groups excluding tert-OH is 1. The number of nitrogens with zero attached hydrogens (tertiary/aromatic N) is 2. The maximum atomic E-state index is 11.4. The molecule has 0 aliphatic carbocycles. The van der Waals surface area contributed by atoms with Crippen molar-refractivity contribution < 1.29 is 9.84 Å². The smallest absolute Gasteiger partial charge is 0.271 e. The number of nitrogens with one attached hydrogen (secondary N) is 1. The van der Waals surface area contributed by atoms with Crippen molar-refractivity contribution in [2.75, 3.05) is 24.6 Å². The Bertz CT molecular complexity index is 451. The van der Waals surface area contributed by atoms with E-state index in [1.54, 1.807) is 0 Å². The highest BCUT2D eigenvalue weighted by Crippen LogP contribution is 2.22. The summed E-state index contributed by atoms with van der Waals surface area (Å²) >= 11 is 5.91. The van der Waals surface area contributed by atoms with Crippen LogP contribution < -0.4 is 10.5 Å². The first-order chi connectivity index (χ1) is 8.11. The van der Waals surface area contributed by atoms with Gasteiger partial charge in [0.2, 0.25) is 0 Å². The van der Waals surface area contributed by atoms with Gasteiger partial charge in [-0.2, -0.15) is 0 Å². The molecule has 1 aromatic rings. The van der Waals surface area contributed by atoms with Crippen LogP contribution in [0.25, 0.3) is 0 Å². The third-order valence-corrected chi connectivity index (χ3v) is 2.95. The van der Waals surface area contributed by atoms with E-state index in [0.29, 0.717) is 18.9 Å². The van der Waals surface area contributed by atoms with E-state index in [9.17, 15) is 4.79 Å². The molecule has 6 nitrogen and oxygen atoms in total. The number of ether oxygens (including phenoxy) is 1. The van der Waals surface area contributed by atoms with Crippen molar-refractivity contribution in [1.29, 1.82) is 0 Å². The lowest BCUT2D eigenvalue weighted by atomic mass is 10.2. The Balaban J connectivity index is 2.27. The minimum absolute atomic E-state index is 0.0435. The summed E-state index contributed by atoms with van der Waals surface area (Å²) in [6.07, 6.45) is 0.992. The maximum absolute atomic E-state index is 11.4. The number of aromatic amines is 1. The number of hydrogen-bond acceptors (Lipinski definition) is 5. The SMILES string of the molecule is CC1CN(c2nc[nH]c(=O)c2Cl)CC(CO)O1. The van der Waals surface area contributed by atoms with Gasteiger partial charge in [0, 0.05) is 13.1 Å². The lowest BCUT2D eigenvalue weighted by Crippen LogP contribution is -2.48. The van der Waals surface area contributed by atoms with Crippen molar-refractivity contribution >= 4 is 17.4 Å². The second-order valence-corrected chi connectivity index (χ2v) is 4.40. The first kappa shape index (κ1) is 12.3. The zero-order valence-electron chi connectivity index (χ0n) is 9.39. The van der Waals surface area contributed by atoms with Gasteiger partial charge in [-0.25, -0.2) is 4.98 Å². The van der Waals surface area contributed by atoms with Gasteiger partial charge in [0.25, 0.3) is 5.56 Å². The molecule has 0 bridgehead atoms. The number of hydrogen-bond donors (Lipinski definition) is 2. The summed E-state index contributed by atoms with van der Waals surface area (Å²) in [5.41, 5.74) is -0.364. The highest BCUT2D eigenvalue weighted by atomic mass is 35.5. The van der Waals surface area contributed by atoms with E-state index in [1.807, 2.05) is 11.8 Å². The average molecular weight is 260 g/mol.